The average Bonchev–Trinajstić information content (AvgIpc) is 3.60. The smallest absolute Gasteiger partial charge is 0.462 e. The molecule has 0 fully saturated rings. The molecular formula is C69H130O17P2. The summed E-state index contributed by atoms with van der Waals surface area (Å²) in [6.45, 7) is 9.43. The van der Waals surface area contributed by atoms with E-state index in [2.05, 4.69) is 65.8 Å². The van der Waals surface area contributed by atoms with Gasteiger partial charge in [0.1, 0.15) is 19.3 Å². The Hall–Kier alpha value is -2.46. The van der Waals surface area contributed by atoms with Gasteiger partial charge in [0.25, 0.3) is 0 Å². The summed E-state index contributed by atoms with van der Waals surface area (Å²) in [6.07, 6.45) is 47.9. The first-order valence-electron chi connectivity index (χ1n) is 35.3. The van der Waals surface area contributed by atoms with Gasteiger partial charge in [-0.1, -0.05) is 271 Å². The molecule has 17 nitrogen and oxygen atoms in total. The van der Waals surface area contributed by atoms with Crippen LogP contribution >= 0.6 is 15.6 Å². The standard InChI is InChI=1S/C69H130O17P2/c1-7-10-12-14-16-18-19-20-21-22-23-27-35-41-47-53-68(73)85-64(58-80-67(72)52-46-40-34-28-24-26-31-37-43-49-61(4)5)59-83-87(75,76)81-55-63(70)56-82-88(77,78)84-60-65(57-79-66(71)51-45-39-33-25-17-15-13-11-8-2)86-69(74)54-48-42-36-30-29-32-38-44-50-62(6)9-3/h18-21,61-65,70H,7-17,22-60H2,1-6H3,(H,75,76)(H,77,78)/b19-18-,21-20-/t62?,63-,64-,65-/m1/s1. The molecule has 0 bridgehead atoms. The monoisotopic (exact) mass is 1290 g/mol. The number of carbonyl (C=O) groups excluding carboxylic acids is 4. The Kier molecular flexibility index (Phi) is 59.1. The zero-order valence-electron chi connectivity index (χ0n) is 56.5. The highest BCUT2D eigenvalue weighted by atomic mass is 31.2. The molecule has 0 spiro atoms. The summed E-state index contributed by atoms with van der Waals surface area (Å²) in [4.78, 5) is 72.4. The Morgan fingerprint density at radius 2 is 0.670 bits per heavy atom. The maximum Gasteiger partial charge on any atom is 0.472 e. The van der Waals surface area contributed by atoms with E-state index in [1.54, 1.807) is 0 Å². The second-order valence-corrected chi connectivity index (χ2v) is 27.9. The molecule has 518 valence electrons. The molecule has 0 heterocycles. The highest BCUT2D eigenvalue weighted by molar-refractivity contribution is 7.47. The van der Waals surface area contributed by atoms with E-state index < -0.39 is 97.5 Å². The Morgan fingerprint density at radius 1 is 0.375 bits per heavy atom. The van der Waals surface area contributed by atoms with Gasteiger partial charge in [0, 0.05) is 25.7 Å². The van der Waals surface area contributed by atoms with Crippen molar-refractivity contribution in [3.63, 3.8) is 0 Å². The molecule has 0 radical (unpaired) electrons. The summed E-state index contributed by atoms with van der Waals surface area (Å²) in [5.41, 5.74) is 0. The van der Waals surface area contributed by atoms with Gasteiger partial charge in [-0.2, -0.15) is 0 Å². The number of aliphatic hydroxyl groups excluding tert-OH is 1. The van der Waals surface area contributed by atoms with Gasteiger partial charge in [0.05, 0.1) is 26.4 Å². The first kappa shape index (κ1) is 85.5. The first-order valence-corrected chi connectivity index (χ1v) is 38.3. The van der Waals surface area contributed by atoms with E-state index >= 15 is 0 Å². The van der Waals surface area contributed by atoms with Crippen LogP contribution in [0.4, 0.5) is 0 Å². The molecule has 0 aromatic carbocycles. The van der Waals surface area contributed by atoms with Crippen molar-refractivity contribution in [2.45, 2.75) is 342 Å². The van der Waals surface area contributed by atoms with Gasteiger partial charge in [-0.25, -0.2) is 9.13 Å². The van der Waals surface area contributed by atoms with Crippen molar-refractivity contribution in [1.82, 2.24) is 0 Å². The predicted octanol–water partition coefficient (Wildman–Crippen LogP) is 19.2. The van der Waals surface area contributed by atoms with Crippen LogP contribution in [-0.4, -0.2) is 96.7 Å². The van der Waals surface area contributed by atoms with E-state index in [1.807, 2.05) is 0 Å². The van der Waals surface area contributed by atoms with Crippen LogP contribution in [0.1, 0.15) is 324 Å². The van der Waals surface area contributed by atoms with Gasteiger partial charge in [0.15, 0.2) is 12.2 Å². The van der Waals surface area contributed by atoms with E-state index in [1.165, 1.54) is 128 Å². The fourth-order valence-electron chi connectivity index (χ4n) is 9.84. The summed E-state index contributed by atoms with van der Waals surface area (Å²) >= 11 is 0. The van der Waals surface area contributed by atoms with Crippen molar-refractivity contribution in [2.24, 2.45) is 11.8 Å². The van der Waals surface area contributed by atoms with E-state index in [0.717, 1.165) is 115 Å². The topological polar surface area (TPSA) is 237 Å². The minimum absolute atomic E-state index is 0.0844. The number of phosphoric ester groups is 2. The Morgan fingerprint density at radius 3 is 1.02 bits per heavy atom. The number of carbonyl (C=O) groups is 4. The van der Waals surface area contributed by atoms with Gasteiger partial charge >= 0.3 is 39.5 Å². The van der Waals surface area contributed by atoms with Crippen molar-refractivity contribution in [1.29, 1.82) is 0 Å². The number of unbranched alkanes of at least 4 members (excludes halogenated alkanes) is 32. The van der Waals surface area contributed by atoms with Crippen molar-refractivity contribution in [2.75, 3.05) is 39.6 Å². The van der Waals surface area contributed by atoms with Gasteiger partial charge < -0.3 is 33.8 Å². The molecule has 3 unspecified atom stereocenters. The quantitative estimate of drug-likeness (QED) is 0.0169. The van der Waals surface area contributed by atoms with E-state index in [0.29, 0.717) is 25.7 Å². The molecular weight excluding hydrogens is 1160 g/mol. The molecule has 0 aliphatic heterocycles. The minimum Gasteiger partial charge on any atom is -0.462 e. The maximum atomic E-state index is 13.0. The molecule has 0 rings (SSSR count). The van der Waals surface area contributed by atoms with Crippen LogP contribution in [0.15, 0.2) is 24.3 Å². The van der Waals surface area contributed by atoms with Crippen LogP contribution in [0, 0.1) is 11.8 Å². The van der Waals surface area contributed by atoms with Gasteiger partial charge in [-0.15, -0.1) is 0 Å². The van der Waals surface area contributed by atoms with Crippen LogP contribution in [0.5, 0.6) is 0 Å². The largest absolute Gasteiger partial charge is 0.472 e. The summed E-state index contributed by atoms with van der Waals surface area (Å²) in [6, 6.07) is 0. The lowest BCUT2D eigenvalue weighted by molar-refractivity contribution is -0.161. The van der Waals surface area contributed by atoms with Crippen molar-refractivity contribution < 1.29 is 80.2 Å². The average molecular weight is 1290 g/mol. The number of aliphatic hydroxyl groups is 1. The summed E-state index contributed by atoms with van der Waals surface area (Å²) in [7, 11) is -9.91. The van der Waals surface area contributed by atoms with Crippen LogP contribution in [0.2, 0.25) is 0 Å². The predicted molar refractivity (Wildman–Crippen MR) is 354 cm³/mol. The van der Waals surface area contributed by atoms with Crippen molar-refractivity contribution in [3.8, 4) is 0 Å². The lowest BCUT2D eigenvalue weighted by Gasteiger charge is -2.21. The fourth-order valence-corrected chi connectivity index (χ4v) is 11.4. The zero-order chi connectivity index (χ0) is 65.0. The van der Waals surface area contributed by atoms with Crippen LogP contribution in [0.25, 0.3) is 0 Å². The third kappa shape index (κ3) is 61.1. The molecule has 0 aromatic rings. The molecule has 0 saturated carbocycles. The van der Waals surface area contributed by atoms with E-state index in [4.69, 9.17) is 37.0 Å². The molecule has 19 heteroatoms. The number of hydrogen-bond acceptors (Lipinski definition) is 15. The number of allylic oxidation sites excluding steroid dienone is 4. The van der Waals surface area contributed by atoms with Gasteiger partial charge in [0.2, 0.25) is 0 Å². The lowest BCUT2D eigenvalue weighted by atomic mass is 9.99. The first-order chi connectivity index (χ1) is 42.4. The van der Waals surface area contributed by atoms with Crippen LogP contribution in [0.3, 0.4) is 0 Å². The molecule has 0 amide bonds. The minimum atomic E-state index is -4.96. The number of hydrogen-bond donors (Lipinski definition) is 3. The summed E-state index contributed by atoms with van der Waals surface area (Å²) < 4.78 is 68.2. The van der Waals surface area contributed by atoms with Crippen LogP contribution in [-0.2, 0) is 65.4 Å². The van der Waals surface area contributed by atoms with Gasteiger partial charge in [-0.3, -0.25) is 37.3 Å². The Bertz CT molecular complexity index is 1810. The van der Waals surface area contributed by atoms with Gasteiger partial charge in [-0.05, 0) is 63.2 Å². The second kappa shape index (κ2) is 60.8. The lowest BCUT2D eigenvalue weighted by Crippen LogP contribution is -2.30. The normalized spacial score (nSPS) is 14.7. The zero-order valence-corrected chi connectivity index (χ0v) is 58.3. The summed E-state index contributed by atoms with van der Waals surface area (Å²) in [5.74, 6) is -0.650. The molecule has 0 aromatic heterocycles. The highest BCUT2D eigenvalue weighted by Crippen LogP contribution is 2.45. The number of phosphoric acid groups is 2. The van der Waals surface area contributed by atoms with Crippen LogP contribution < -0.4 is 0 Å². The molecule has 0 aliphatic carbocycles. The van der Waals surface area contributed by atoms with E-state index in [9.17, 15) is 43.2 Å². The summed E-state index contributed by atoms with van der Waals surface area (Å²) in [5, 5.41) is 10.6. The Balaban J connectivity index is 5.29. The second-order valence-electron chi connectivity index (χ2n) is 24.9. The molecule has 3 N–H and O–H groups in total. The third-order valence-electron chi connectivity index (χ3n) is 15.7. The number of rotatable bonds is 66. The number of ether oxygens (including phenoxy) is 4. The molecule has 0 saturated heterocycles. The van der Waals surface area contributed by atoms with E-state index in [-0.39, 0.29) is 25.7 Å². The molecule has 6 atom stereocenters. The molecule has 0 aliphatic rings. The SMILES string of the molecule is CCCCCC/C=C\C=C/CCCCCCCC(=O)O[C@H](COC(=O)CCCCCCCCCCCC(C)C)COP(=O)(O)OC[C@@H](O)COP(=O)(O)OC[C@@H](COC(=O)CCCCCCCCCCC)OC(=O)CCCCCCCCCCC(C)CC. The van der Waals surface area contributed by atoms with Crippen molar-refractivity contribution >= 4 is 39.5 Å². The highest BCUT2D eigenvalue weighted by Gasteiger charge is 2.30. The molecule has 88 heavy (non-hydrogen) atoms. The third-order valence-corrected chi connectivity index (χ3v) is 17.6. The van der Waals surface area contributed by atoms with Crippen molar-refractivity contribution in [3.05, 3.63) is 24.3 Å². The maximum absolute atomic E-state index is 13.0. The fraction of sp³-hybridized carbons (Fsp3) is 0.884. The Labute approximate surface area is 535 Å². The number of esters is 4.